The van der Waals surface area contributed by atoms with E-state index in [0.717, 1.165) is 11.4 Å². The number of likely N-dealkylation sites (N-methyl/N-ethyl adjacent to an activating group) is 1. The van der Waals surface area contributed by atoms with Gasteiger partial charge in [0, 0.05) is 38.8 Å². The molecule has 0 radical (unpaired) electrons. The lowest BCUT2D eigenvalue weighted by atomic mass is 9.95. The third-order valence-corrected chi connectivity index (χ3v) is 3.81. The molecule has 0 aliphatic carbocycles. The molecular formula is C17H22N4O2. The Hall–Kier alpha value is -2.63. The van der Waals surface area contributed by atoms with Crippen LogP contribution in [0.3, 0.4) is 0 Å². The van der Waals surface area contributed by atoms with E-state index in [1.54, 1.807) is 24.3 Å². The molecule has 0 saturated heterocycles. The van der Waals surface area contributed by atoms with Gasteiger partial charge in [-0.3, -0.25) is 9.59 Å². The van der Waals surface area contributed by atoms with Gasteiger partial charge in [0.15, 0.2) is 0 Å². The predicted octanol–water partition coefficient (Wildman–Crippen LogP) is 1.14. The molecule has 1 aromatic carbocycles. The highest BCUT2D eigenvalue weighted by molar-refractivity contribution is 5.85. The maximum absolute atomic E-state index is 12.3. The number of nitrogens with zero attached hydrogens (tertiary/aromatic N) is 2. The molecule has 0 unspecified atom stereocenters. The van der Waals surface area contributed by atoms with Crippen molar-refractivity contribution in [2.45, 2.75) is 19.3 Å². The quantitative estimate of drug-likeness (QED) is 0.765. The average molecular weight is 314 g/mol. The van der Waals surface area contributed by atoms with Crippen LogP contribution in [0.25, 0.3) is 0 Å². The van der Waals surface area contributed by atoms with Crippen molar-refractivity contribution in [1.29, 1.82) is 0 Å². The molecule has 2 amide bonds. The summed E-state index contributed by atoms with van der Waals surface area (Å²) < 4.78 is 0. The summed E-state index contributed by atoms with van der Waals surface area (Å²) in [6.07, 6.45) is 4.68. The first-order valence-electron chi connectivity index (χ1n) is 7.61. The van der Waals surface area contributed by atoms with Crippen LogP contribution in [0.15, 0.2) is 42.7 Å². The van der Waals surface area contributed by atoms with Gasteiger partial charge < -0.3 is 15.6 Å². The summed E-state index contributed by atoms with van der Waals surface area (Å²) in [6.45, 7) is 0.545. The van der Waals surface area contributed by atoms with Gasteiger partial charge in [-0.2, -0.15) is 0 Å². The van der Waals surface area contributed by atoms with Crippen molar-refractivity contribution < 1.29 is 9.59 Å². The zero-order valence-corrected chi connectivity index (χ0v) is 13.2. The summed E-state index contributed by atoms with van der Waals surface area (Å²) >= 11 is 0. The minimum atomic E-state index is -0.490. The molecule has 6 heteroatoms. The normalized spacial score (nSPS) is 11.9. The van der Waals surface area contributed by atoms with Crippen LogP contribution in [0.5, 0.6) is 0 Å². The Kier molecular flexibility index (Phi) is 5.91. The number of H-pyrrole nitrogens is 1. The van der Waals surface area contributed by atoms with Gasteiger partial charge in [0.25, 0.3) is 0 Å². The fraction of sp³-hybridized carbons (Fsp3) is 0.353. The average Bonchev–Trinajstić information content (AvgIpc) is 3.06. The van der Waals surface area contributed by atoms with Crippen molar-refractivity contribution >= 4 is 11.8 Å². The van der Waals surface area contributed by atoms with Gasteiger partial charge in [-0.1, -0.05) is 30.3 Å². The fourth-order valence-corrected chi connectivity index (χ4v) is 2.37. The van der Waals surface area contributed by atoms with E-state index in [1.165, 1.54) is 0 Å². The second kappa shape index (κ2) is 8.12. The van der Waals surface area contributed by atoms with Crippen molar-refractivity contribution in [3.05, 3.63) is 54.1 Å². The van der Waals surface area contributed by atoms with Gasteiger partial charge in [0.1, 0.15) is 5.82 Å². The predicted molar refractivity (Wildman–Crippen MR) is 87.4 cm³/mol. The molecule has 2 rings (SSSR count). The molecule has 1 aromatic heterocycles. The minimum Gasteiger partial charge on any atom is -0.369 e. The van der Waals surface area contributed by atoms with Gasteiger partial charge in [-0.25, -0.2) is 4.98 Å². The Morgan fingerprint density at radius 2 is 2.04 bits per heavy atom. The number of hydrogen-bond acceptors (Lipinski definition) is 3. The van der Waals surface area contributed by atoms with E-state index in [4.69, 9.17) is 5.73 Å². The Balaban J connectivity index is 1.88. The minimum absolute atomic E-state index is 0.0868. The van der Waals surface area contributed by atoms with Crippen molar-refractivity contribution in [3.63, 3.8) is 0 Å². The number of primary amides is 1. The Bertz CT molecular complexity index is 625. The van der Waals surface area contributed by atoms with Crippen LogP contribution in [0.1, 0.15) is 17.8 Å². The second-order valence-electron chi connectivity index (χ2n) is 5.59. The van der Waals surface area contributed by atoms with Crippen LogP contribution in [-0.2, 0) is 22.4 Å². The molecule has 2 aromatic rings. The molecule has 122 valence electrons. The number of imidazole rings is 1. The maximum atomic E-state index is 12.3. The molecule has 0 aliphatic heterocycles. The molecule has 0 fully saturated rings. The van der Waals surface area contributed by atoms with E-state index in [-0.39, 0.29) is 12.3 Å². The number of carbonyl (C=O) groups is 2. The fourth-order valence-electron chi connectivity index (χ4n) is 2.37. The van der Waals surface area contributed by atoms with Gasteiger partial charge in [-0.15, -0.1) is 0 Å². The van der Waals surface area contributed by atoms with Crippen molar-refractivity contribution in [1.82, 2.24) is 14.9 Å². The lowest BCUT2D eigenvalue weighted by Crippen LogP contribution is -2.35. The zero-order valence-electron chi connectivity index (χ0n) is 13.2. The number of aromatic nitrogens is 2. The highest BCUT2D eigenvalue weighted by Crippen LogP contribution is 2.13. The van der Waals surface area contributed by atoms with Gasteiger partial charge >= 0.3 is 0 Å². The lowest BCUT2D eigenvalue weighted by molar-refractivity contribution is -0.134. The van der Waals surface area contributed by atoms with Crippen LogP contribution >= 0.6 is 0 Å². The molecule has 0 spiro atoms. The number of amides is 2. The van der Waals surface area contributed by atoms with Crippen molar-refractivity contribution in [3.8, 4) is 0 Å². The number of carbonyl (C=O) groups excluding carboxylic acids is 2. The van der Waals surface area contributed by atoms with E-state index in [9.17, 15) is 9.59 Å². The summed E-state index contributed by atoms with van der Waals surface area (Å²) in [5, 5.41) is 0. The highest BCUT2D eigenvalue weighted by atomic mass is 16.2. The number of hydrogen-bond donors (Lipinski definition) is 2. The number of benzene rings is 1. The summed E-state index contributed by atoms with van der Waals surface area (Å²) in [4.78, 5) is 32.7. The molecule has 0 aliphatic rings. The summed E-state index contributed by atoms with van der Waals surface area (Å²) in [5.41, 5.74) is 6.46. The van der Waals surface area contributed by atoms with Crippen LogP contribution in [-0.4, -0.2) is 40.3 Å². The molecule has 1 heterocycles. The summed E-state index contributed by atoms with van der Waals surface area (Å²) in [6, 6.07) is 9.59. The van der Waals surface area contributed by atoms with Crippen LogP contribution in [0, 0.1) is 5.92 Å². The summed E-state index contributed by atoms with van der Waals surface area (Å²) in [7, 11) is 1.73. The standard InChI is InChI=1S/C17H22N4O2/c1-21(10-7-15-19-8-9-20-15)16(22)12-14(17(18)23)11-13-5-3-2-4-6-13/h2-6,8-9,14H,7,10-12H2,1H3,(H2,18,23)(H,19,20)/t14-/m1/s1. The topological polar surface area (TPSA) is 92.1 Å². The van der Waals surface area contributed by atoms with Crippen LogP contribution in [0.4, 0.5) is 0 Å². The van der Waals surface area contributed by atoms with Crippen molar-refractivity contribution in [2.24, 2.45) is 11.7 Å². The van der Waals surface area contributed by atoms with E-state index >= 15 is 0 Å². The molecule has 1 atom stereocenters. The van der Waals surface area contributed by atoms with Crippen LogP contribution < -0.4 is 5.73 Å². The molecular weight excluding hydrogens is 292 g/mol. The number of aromatic amines is 1. The molecule has 0 bridgehead atoms. The molecule has 23 heavy (non-hydrogen) atoms. The van der Waals surface area contributed by atoms with Gasteiger partial charge in [-0.05, 0) is 12.0 Å². The largest absolute Gasteiger partial charge is 0.369 e. The third-order valence-electron chi connectivity index (χ3n) is 3.81. The maximum Gasteiger partial charge on any atom is 0.223 e. The number of nitrogens with one attached hydrogen (secondary N) is 1. The number of rotatable bonds is 8. The third kappa shape index (κ3) is 5.25. The number of nitrogens with two attached hydrogens (primary N) is 1. The van der Waals surface area contributed by atoms with E-state index < -0.39 is 11.8 Å². The van der Waals surface area contributed by atoms with Crippen LogP contribution in [0.2, 0.25) is 0 Å². The van der Waals surface area contributed by atoms with Crippen molar-refractivity contribution in [2.75, 3.05) is 13.6 Å². The first kappa shape index (κ1) is 16.7. The lowest BCUT2D eigenvalue weighted by Gasteiger charge is -2.20. The highest BCUT2D eigenvalue weighted by Gasteiger charge is 2.22. The molecule has 3 N–H and O–H groups in total. The van der Waals surface area contributed by atoms with Gasteiger partial charge in [0.05, 0.1) is 5.92 Å². The first-order valence-corrected chi connectivity index (χ1v) is 7.61. The van der Waals surface area contributed by atoms with E-state index in [0.29, 0.717) is 19.4 Å². The molecule has 0 saturated carbocycles. The summed E-state index contributed by atoms with van der Waals surface area (Å²) in [5.74, 6) is -0.186. The SMILES string of the molecule is CN(CCc1ncc[nH]1)C(=O)C[C@@H](Cc1ccccc1)C(N)=O. The van der Waals surface area contributed by atoms with Gasteiger partial charge in [0.2, 0.25) is 11.8 Å². The molecule has 6 nitrogen and oxygen atoms in total. The Morgan fingerprint density at radius 3 is 2.65 bits per heavy atom. The van der Waals surface area contributed by atoms with E-state index in [2.05, 4.69) is 9.97 Å². The first-order chi connectivity index (χ1) is 11.1. The zero-order chi connectivity index (χ0) is 16.7. The Labute approximate surface area is 135 Å². The second-order valence-corrected chi connectivity index (χ2v) is 5.59. The Morgan fingerprint density at radius 1 is 1.30 bits per heavy atom. The smallest absolute Gasteiger partial charge is 0.223 e. The monoisotopic (exact) mass is 314 g/mol. The van der Waals surface area contributed by atoms with E-state index in [1.807, 2.05) is 30.3 Å².